The first-order chi connectivity index (χ1) is 11.2. The van der Waals surface area contributed by atoms with Crippen LogP contribution in [-0.2, 0) is 19.2 Å². The van der Waals surface area contributed by atoms with Gasteiger partial charge in [-0.15, -0.1) is 0 Å². The fourth-order valence-electron chi connectivity index (χ4n) is 1.72. The quantitative estimate of drug-likeness (QED) is 0.755. The number of hydroxylamine groups is 2. The second kappa shape index (κ2) is 9.24. The SMILES string of the molecule is CC(=O)NCC(C)ON(C(C)=O)C(=O)[C@H](C)Oc1ccc(Cl)cc1. The molecule has 0 fully saturated rings. The molecule has 0 aliphatic carbocycles. The first kappa shape index (κ1) is 19.9. The van der Waals surface area contributed by atoms with Gasteiger partial charge in [-0.2, -0.15) is 5.06 Å². The number of carbonyl (C=O) groups is 3. The van der Waals surface area contributed by atoms with Crippen molar-refractivity contribution in [3.63, 3.8) is 0 Å². The highest BCUT2D eigenvalue weighted by atomic mass is 35.5. The molecule has 0 heterocycles. The van der Waals surface area contributed by atoms with Crippen LogP contribution in [0.15, 0.2) is 24.3 Å². The van der Waals surface area contributed by atoms with Crippen LogP contribution >= 0.6 is 11.6 Å². The minimum absolute atomic E-state index is 0.165. The largest absolute Gasteiger partial charge is 0.481 e. The normalized spacial score (nSPS) is 12.9. The minimum Gasteiger partial charge on any atom is -0.481 e. The Morgan fingerprint density at radius 3 is 2.25 bits per heavy atom. The van der Waals surface area contributed by atoms with Crippen molar-refractivity contribution in [3.8, 4) is 5.75 Å². The molecule has 1 rings (SSSR count). The third-order valence-electron chi connectivity index (χ3n) is 2.88. The lowest BCUT2D eigenvalue weighted by Crippen LogP contribution is -2.46. The average Bonchev–Trinajstić information content (AvgIpc) is 2.51. The van der Waals surface area contributed by atoms with E-state index in [1.54, 1.807) is 31.2 Å². The molecular weight excluding hydrogens is 336 g/mol. The maximum absolute atomic E-state index is 12.4. The van der Waals surface area contributed by atoms with Crippen molar-refractivity contribution < 1.29 is 24.0 Å². The minimum atomic E-state index is -0.942. The van der Waals surface area contributed by atoms with E-state index < -0.39 is 24.0 Å². The number of imide groups is 1. The zero-order valence-corrected chi connectivity index (χ0v) is 14.8. The van der Waals surface area contributed by atoms with E-state index in [4.69, 9.17) is 21.2 Å². The van der Waals surface area contributed by atoms with Crippen molar-refractivity contribution in [2.45, 2.75) is 39.9 Å². The Labute approximate surface area is 145 Å². The monoisotopic (exact) mass is 356 g/mol. The molecule has 0 aliphatic rings. The van der Waals surface area contributed by atoms with Crippen LogP contribution in [0, 0.1) is 0 Å². The van der Waals surface area contributed by atoms with Crippen LogP contribution in [0.2, 0.25) is 5.02 Å². The van der Waals surface area contributed by atoms with E-state index in [1.807, 2.05) is 0 Å². The predicted octanol–water partition coefficient (Wildman–Crippen LogP) is 1.94. The number of nitrogens with zero attached hydrogens (tertiary/aromatic N) is 1. The van der Waals surface area contributed by atoms with Crippen molar-refractivity contribution in [1.82, 2.24) is 10.4 Å². The molecule has 0 saturated carbocycles. The van der Waals surface area contributed by atoms with E-state index >= 15 is 0 Å². The zero-order chi connectivity index (χ0) is 18.3. The van der Waals surface area contributed by atoms with Crippen molar-refractivity contribution in [1.29, 1.82) is 0 Å². The maximum atomic E-state index is 12.4. The summed E-state index contributed by atoms with van der Waals surface area (Å²) in [5, 5.41) is 3.74. The molecule has 0 aromatic heterocycles. The highest BCUT2D eigenvalue weighted by Gasteiger charge is 2.28. The van der Waals surface area contributed by atoms with E-state index in [9.17, 15) is 14.4 Å². The van der Waals surface area contributed by atoms with Crippen molar-refractivity contribution in [2.75, 3.05) is 6.54 Å². The van der Waals surface area contributed by atoms with Gasteiger partial charge in [0.05, 0.1) is 0 Å². The lowest BCUT2D eigenvalue weighted by molar-refractivity contribution is -0.209. The molecule has 1 N–H and O–H groups in total. The topological polar surface area (TPSA) is 84.9 Å². The third-order valence-corrected chi connectivity index (χ3v) is 3.14. The van der Waals surface area contributed by atoms with Gasteiger partial charge in [-0.05, 0) is 38.1 Å². The van der Waals surface area contributed by atoms with E-state index in [1.165, 1.54) is 20.8 Å². The molecule has 1 aromatic rings. The number of hydrogen-bond acceptors (Lipinski definition) is 5. The predicted molar refractivity (Wildman–Crippen MR) is 88.3 cm³/mol. The lowest BCUT2D eigenvalue weighted by atomic mass is 10.3. The lowest BCUT2D eigenvalue weighted by Gasteiger charge is -2.25. The Kier molecular flexibility index (Phi) is 7.67. The van der Waals surface area contributed by atoms with Gasteiger partial charge in [0, 0.05) is 25.4 Å². The first-order valence-corrected chi connectivity index (χ1v) is 7.76. The van der Waals surface area contributed by atoms with Gasteiger partial charge >= 0.3 is 0 Å². The first-order valence-electron chi connectivity index (χ1n) is 7.38. The summed E-state index contributed by atoms with van der Waals surface area (Å²) in [6.45, 7) is 5.87. The molecule has 0 aliphatic heterocycles. The number of halogens is 1. The summed E-state index contributed by atoms with van der Waals surface area (Å²) in [5.41, 5.74) is 0. The summed E-state index contributed by atoms with van der Waals surface area (Å²) in [6.07, 6.45) is -1.51. The Balaban J connectivity index is 2.69. The van der Waals surface area contributed by atoms with Gasteiger partial charge in [0.15, 0.2) is 6.10 Å². The van der Waals surface area contributed by atoms with Crippen LogP contribution in [-0.4, -0.2) is 41.5 Å². The van der Waals surface area contributed by atoms with Crippen molar-refractivity contribution in [2.24, 2.45) is 0 Å². The van der Waals surface area contributed by atoms with Crippen LogP contribution in [0.4, 0.5) is 0 Å². The molecule has 7 nitrogen and oxygen atoms in total. The highest BCUT2D eigenvalue weighted by Crippen LogP contribution is 2.17. The number of amides is 3. The molecule has 0 spiro atoms. The van der Waals surface area contributed by atoms with Crippen LogP contribution < -0.4 is 10.1 Å². The van der Waals surface area contributed by atoms with Gasteiger partial charge in [0.25, 0.3) is 5.91 Å². The number of carbonyl (C=O) groups excluding carboxylic acids is 3. The van der Waals surface area contributed by atoms with E-state index in [0.717, 1.165) is 0 Å². The number of nitrogens with one attached hydrogen (secondary N) is 1. The van der Waals surface area contributed by atoms with Crippen LogP contribution in [0.3, 0.4) is 0 Å². The molecule has 0 saturated heterocycles. The molecule has 2 atom stereocenters. The maximum Gasteiger partial charge on any atom is 0.294 e. The molecule has 3 amide bonds. The molecule has 1 unspecified atom stereocenters. The van der Waals surface area contributed by atoms with Crippen LogP contribution in [0.25, 0.3) is 0 Å². The summed E-state index contributed by atoms with van der Waals surface area (Å²) in [6, 6.07) is 6.49. The Morgan fingerprint density at radius 2 is 1.75 bits per heavy atom. The van der Waals surface area contributed by atoms with Gasteiger partial charge < -0.3 is 10.1 Å². The Hall–Kier alpha value is -2.12. The van der Waals surface area contributed by atoms with Gasteiger partial charge in [0.1, 0.15) is 11.9 Å². The number of benzene rings is 1. The molecule has 24 heavy (non-hydrogen) atoms. The number of ether oxygens (including phenoxy) is 1. The standard InChI is InChI=1S/C16H21ClN2O5/c1-10(9-18-12(3)20)24-19(13(4)21)16(22)11(2)23-15-7-5-14(17)6-8-15/h5-8,10-11H,9H2,1-4H3,(H,18,20)/t10?,11-/m0/s1. The van der Waals surface area contributed by atoms with E-state index in [2.05, 4.69) is 5.32 Å². The highest BCUT2D eigenvalue weighted by molar-refractivity contribution is 6.30. The second-order valence-electron chi connectivity index (χ2n) is 5.22. The molecule has 0 bridgehead atoms. The number of rotatable bonds is 7. The number of hydrogen-bond donors (Lipinski definition) is 1. The fraction of sp³-hybridized carbons (Fsp3) is 0.438. The average molecular weight is 357 g/mol. The Bertz CT molecular complexity index is 591. The summed E-state index contributed by atoms with van der Waals surface area (Å²) >= 11 is 5.79. The third kappa shape index (κ3) is 6.55. The summed E-state index contributed by atoms with van der Waals surface area (Å²) in [5.74, 6) is -1.02. The van der Waals surface area contributed by atoms with Gasteiger partial charge in [-0.1, -0.05) is 11.6 Å². The summed E-state index contributed by atoms with van der Waals surface area (Å²) < 4.78 is 5.49. The Morgan fingerprint density at radius 1 is 1.17 bits per heavy atom. The summed E-state index contributed by atoms with van der Waals surface area (Å²) in [7, 11) is 0. The van der Waals surface area contributed by atoms with E-state index in [-0.39, 0.29) is 12.5 Å². The van der Waals surface area contributed by atoms with Crippen LogP contribution in [0.5, 0.6) is 5.75 Å². The fourth-order valence-corrected chi connectivity index (χ4v) is 1.84. The smallest absolute Gasteiger partial charge is 0.294 e. The van der Waals surface area contributed by atoms with Crippen molar-refractivity contribution >= 4 is 29.3 Å². The molecule has 8 heteroatoms. The summed E-state index contributed by atoms with van der Waals surface area (Å²) in [4.78, 5) is 40.3. The molecular formula is C16H21ClN2O5. The molecule has 132 valence electrons. The van der Waals surface area contributed by atoms with Gasteiger partial charge in [0.2, 0.25) is 11.8 Å². The molecule has 1 aromatic carbocycles. The molecule has 0 radical (unpaired) electrons. The van der Waals surface area contributed by atoms with E-state index in [0.29, 0.717) is 15.8 Å². The van der Waals surface area contributed by atoms with Crippen molar-refractivity contribution in [3.05, 3.63) is 29.3 Å². The van der Waals surface area contributed by atoms with Crippen LogP contribution in [0.1, 0.15) is 27.7 Å². The zero-order valence-electron chi connectivity index (χ0n) is 14.0. The second-order valence-corrected chi connectivity index (χ2v) is 5.66. The van der Waals surface area contributed by atoms with Gasteiger partial charge in [-0.25, -0.2) is 0 Å². The van der Waals surface area contributed by atoms with Gasteiger partial charge in [-0.3, -0.25) is 19.2 Å².